The lowest BCUT2D eigenvalue weighted by Gasteiger charge is -2.26. The molecule has 0 radical (unpaired) electrons. The number of ether oxygens (including phenoxy) is 1. The van der Waals surface area contributed by atoms with Gasteiger partial charge in [-0.15, -0.1) is 0 Å². The van der Waals surface area contributed by atoms with E-state index in [4.69, 9.17) is 4.74 Å². The van der Waals surface area contributed by atoms with Gasteiger partial charge in [0.2, 0.25) is 0 Å². The van der Waals surface area contributed by atoms with E-state index >= 15 is 0 Å². The Bertz CT molecular complexity index is 1650. The van der Waals surface area contributed by atoms with Gasteiger partial charge in [0.15, 0.2) is 15.7 Å². The average molecular weight is 614 g/mol. The predicted octanol–water partition coefficient (Wildman–Crippen LogP) is 4.87. The number of nitrogens with zero attached hydrogens (tertiary/aromatic N) is 3. The Hall–Kier alpha value is -3.81. The van der Waals surface area contributed by atoms with Crippen LogP contribution < -0.4 is 10.1 Å². The van der Waals surface area contributed by atoms with Crippen LogP contribution >= 0.6 is 11.8 Å². The van der Waals surface area contributed by atoms with Crippen molar-refractivity contribution in [1.29, 1.82) is 0 Å². The first kappa shape index (κ1) is 29.7. The van der Waals surface area contributed by atoms with Crippen LogP contribution in [0.1, 0.15) is 27.3 Å². The van der Waals surface area contributed by atoms with E-state index in [9.17, 15) is 22.0 Å². The van der Waals surface area contributed by atoms with Gasteiger partial charge in [0.05, 0.1) is 23.5 Å². The summed E-state index contributed by atoms with van der Waals surface area (Å²) in [5, 5.41) is 10.1. The molecule has 1 aliphatic rings. The van der Waals surface area contributed by atoms with Gasteiger partial charge in [-0.1, -0.05) is 30.0 Å². The Balaban J connectivity index is 1.19. The smallest absolute Gasteiger partial charge is 0.289 e. The Kier molecular flexibility index (Phi) is 9.19. The number of methoxy groups -OCH3 is 1. The molecule has 1 amide bonds. The molecule has 4 aromatic rings. The highest BCUT2D eigenvalue weighted by Crippen LogP contribution is 2.34. The third-order valence-corrected chi connectivity index (χ3v) is 9.16. The van der Waals surface area contributed by atoms with E-state index in [1.807, 2.05) is 30.3 Å². The number of aromatic nitrogens is 3. The van der Waals surface area contributed by atoms with Gasteiger partial charge in [-0.2, -0.15) is 13.9 Å². The van der Waals surface area contributed by atoms with Crippen LogP contribution in [0.3, 0.4) is 0 Å². The van der Waals surface area contributed by atoms with Gasteiger partial charge in [-0.25, -0.2) is 13.4 Å². The standard InChI is InChI=1S/C29H29F2N5O4S2/c1-40-24-16-19(5-10-25(24)41-29(30)31)17-26-33-27(35-34-26)21-6-8-23(9-7-21)32-28(37)22-4-2-3-20(15-22)18-36-11-13-42(38,39)14-12-36/h2-10,15-16,29H,11-14,17-18H2,1H3,(H,32,37)(H,33,34,35). The number of sulfone groups is 1. The molecular formula is C29H29F2N5O4S2. The summed E-state index contributed by atoms with van der Waals surface area (Å²) in [5.41, 5.74) is 3.65. The van der Waals surface area contributed by atoms with Crippen LogP contribution in [0, 0.1) is 0 Å². The molecule has 9 nitrogen and oxygen atoms in total. The highest BCUT2D eigenvalue weighted by molar-refractivity contribution is 7.99. The molecule has 5 rings (SSSR count). The van der Waals surface area contributed by atoms with Crippen molar-refractivity contribution in [2.75, 3.05) is 37.0 Å². The van der Waals surface area contributed by atoms with E-state index in [0.29, 0.717) is 71.4 Å². The fourth-order valence-electron chi connectivity index (χ4n) is 4.60. The number of hydrogen-bond acceptors (Lipinski definition) is 8. The topological polar surface area (TPSA) is 117 Å². The van der Waals surface area contributed by atoms with E-state index in [1.54, 1.807) is 36.4 Å². The molecule has 220 valence electrons. The van der Waals surface area contributed by atoms with Crippen molar-refractivity contribution in [3.63, 3.8) is 0 Å². The molecule has 0 spiro atoms. The van der Waals surface area contributed by atoms with E-state index in [2.05, 4.69) is 25.4 Å². The van der Waals surface area contributed by atoms with E-state index in [1.165, 1.54) is 7.11 Å². The van der Waals surface area contributed by atoms with Crippen LogP contribution in [0.4, 0.5) is 14.5 Å². The van der Waals surface area contributed by atoms with Crippen molar-refractivity contribution in [2.45, 2.75) is 23.6 Å². The Morgan fingerprint density at radius 2 is 1.83 bits per heavy atom. The van der Waals surface area contributed by atoms with Gasteiger partial charge >= 0.3 is 0 Å². The largest absolute Gasteiger partial charge is 0.496 e. The fourth-order valence-corrected chi connectivity index (χ4v) is 6.47. The molecule has 0 saturated carbocycles. The van der Waals surface area contributed by atoms with Crippen molar-refractivity contribution in [3.8, 4) is 17.1 Å². The van der Waals surface area contributed by atoms with Crippen LogP contribution in [0.2, 0.25) is 0 Å². The molecule has 2 N–H and O–H groups in total. The maximum Gasteiger partial charge on any atom is 0.289 e. The van der Waals surface area contributed by atoms with E-state index in [0.717, 1.165) is 16.7 Å². The zero-order valence-electron chi connectivity index (χ0n) is 22.7. The first-order valence-corrected chi connectivity index (χ1v) is 15.8. The number of alkyl halides is 2. The minimum Gasteiger partial charge on any atom is -0.496 e. The normalized spacial score (nSPS) is 15.0. The lowest BCUT2D eigenvalue weighted by Crippen LogP contribution is -2.39. The molecule has 0 bridgehead atoms. The lowest BCUT2D eigenvalue weighted by molar-refractivity contribution is 0.102. The summed E-state index contributed by atoms with van der Waals surface area (Å²) in [6, 6.07) is 19.5. The number of halogens is 2. The molecule has 1 saturated heterocycles. The number of aromatic amines is 1. The van der Waals surface area contributed by atoms with E-state index < -0.39 is 15.6 Å². The Morgan fingerprint density at radius 3 is 2.55 bits per heavy atom. The SMILES string of the molecule is COc1cc(Cc2nc(-c3ccc(NC(=O)c4cccc(CN5CCS(=O)(=O)CC5)c4)cc3)n[nH]2)ccc1SC(F)F. The number of anilines is 1. The quantitative estimate of drug-likeness (QED) is 0.244. The maximum atomic E-state index is 12.9. The molecule has 3 aromatic carbocycles. The molecule has 0 unspecified atom stereocenters. The molecule has 0 atom stereocenters. The minimum absolute atomic E-state index is 0.159. The highest BCUT2D eigenvalue weighted by Gasteiger charge is 2.21. The summed E-state index contributed by atoms with van der Waals surface area (Å²) >= 11 is 0.437. The van der Waals surface area contributed by atoms with Crippen LogP contribution in [-0.4, -0.2) is 71.9 Å². The number of carbonyl (C=O) groups excluding carboxylic acids is 1. The summed E-state index contributed by atoms with van der Waals surface area (Å²) in [5.74, 6) is -1.00. The number of amides is 1. The van der Waals surface area contributed by atoms with Gasteiger partial charge in [0.1, 0.15) is 11.6 Å². The monoisotopic (exact) mass is 613 g/mol. The van der Waals surface area contributed by atoms with Crippen molar-refractivity contribution in [1.82, 2.24) is 20.1 Å². The molecule has 42 heavy (non-hydrogen) atoms. The van der Waals surface area contributed by atoms with Gasteiger partial charge in [0, 0.05) is 42.9 Å². The summed E-state index contributed by atoms with van der Waals surface area (Å²) in [6.45, 7) is 1.56. The van der Waals surface area contributed by atoms with Gasteiger partial charge in [-0.05, 0) is 59.7 Å². The zero-order valence-corrected chi connectivity index (χ0v) is 24.4. The summed E-state index contributed by atoms with van der Waals surface area (Å²) in [7, 11) is -1.50. The van der Waals surface area contributed by atoms with Crippen molar-refractivity contribution in [2.24, 2.45) is 0 Å². The predicted molar refractivity (Wildman–Crippen MR) is 158 cm³/mol. The Morgan fingerprint density at radius 1 is 1.07 bits per heavy atom. The van der Waals surface area contributed by atoms with E-state index in [-0.39, 0.29) is 17.4 Å². The highest BCUT2D eigenvalue weighted by atomic mass is 32.2. The van der Waals surface area contributed by atoms with Crippen LogP contribution in [0.15, 0.2) is 71.6 Å². The Labute approximate surface area is 246 Å². The third kappa shape index (κ3) is 7.72. The number of carbonyl (C=O) groups is 1. The fraction of sp³-hybridized carbons (Fsp3) is 0.276. The molecular weight excluding hydrogens is 584 g/mol. The number of rotatable bonds is 10. The summed E-state index contributed by atoms with van der Waals surface area (Å²) in [6.07, 6.45) is 0.410. The minimum atomic E-state index is -2.94. The zero-order chi connectivity index (χ0) is 29.7. The summed E-state index contributed by atoms with van der Waals surface area (Å²) in [4.78, 5) is 19.9. The number of hydrogen-bond donors (Lipinski definition) is 2. The number of nitrogens with one attached hydrogen (secondary N) is 2. The van der Waals surface area contributed by atoms with Gasteiger partial charge in [-0.3, -0.25) is 14.8 Å². The van der Waals surface area contributed by atoms with Crippen molar-refractivity contribution in [3.05, 3.63) is 89.2 Å². The lowest BCUT2D eigenvalue weighted by atomic mass is 10.1. The molecule has 13 heteroatoms. The van der Waals surface area contributed by atoms with Crippen LogP contribution in [0.25, 0.3) is 11.4 Å². The van der Waals surface area contributed by atoms with Gasteiger partial charge < -0.3 is 10.1 Å². The molecule has 0 aliphatic carbocycles. The average Bonchev–Trinajstić information content (AvgIpc) is 3.43. The van der Waals surface area contributed by atoms with Crippen molar-refractivity contribution < 1.29 is 26.7 Å². The number of H-pyrrole nitrogens is 1. The maximum absolute atomic E-state index is 12.9. The first-order valence-electron chi connectivity index (χ1n) is 13.1. The second-order valence-electron chi connectivity index (χ2n) is 9.81. The number of thioether (sulfide) groups is 1. The molecule has 1 aromatic heterocycles. The van der Waals surface area contributed by atoms with Crippen LogP contribution in [0.5, 0.6) is 5.75 Å². The second kappa shape index (κ2) is 13.0. The third-order valence-electron chi connectivity index (χ3n) is 6.78. The van der Waals surface area contributed by atoms with Crippen LogP contribution in [-0.2, 0) is 22.8 Å². The first-order chi connectivity index (χ1) is 20.2. The second-order valence-corrected chi connectivity index (χ2v) is 13.1. The summed E-state index contributed by atoms with van der Waals surface area (Å²) < 4.78 is 54.1. The molecule has 2 heterocycles. The van der Waals surface area contributed by atoms with Gasteiger partial charge in [0.25, 0.3) is 11.7 Å². The molecule has 1 aliphatic heterocycles. The molecule has 1 fully saturated rings. The number of benzene rings is 3. The van der Waals surface area contributed by atoms with Crippen molar-refractivity contribution >= 4 is 33.2 Å².